The Hall–Kier alpha value is -2.25. The van der Waals surface area contributed by atoms with Crippen LogP contribution in [0.15, 0.2) is 30.3 Å². The van der Waals surface area contributed by atoms with Gasteiger partial charge in [-0.2, -0.15) is 9.90 Å². The third kappa shape index (κ3) is 4.77. The van der Waals surface area contributed by atoms with Gasteiger partial charge in [-0.05, 0) is 25.0 Å². The van der Waals surface area contributed by atoms with Crippen molar-refractivity contribution in [3.63, 3.8) is 0 Å². The molecule has 0 aliphatic carbocycles. The van der Waals surface area contributed by atoms with E-state index in [0.717, 1.165) is 44.8 Å². The lowest BCUT2D eigenvalue weighted by Crippen LogP contribution is -2.52. The molecule has 1 aromatic heterocycles. The number of amides is 1. The van der Waals surface area contributed by atoms with Crippen LogP contribution >= 0.6 is 0 Å². The van der Waals surface area contributed by atoms with E-state index in [1.54, 1.807) is 0 Å². The van der Waals surface area contributed by atoms with Gasteiger partial charge >= 0.3 is 0 Å². The lowest BCUT2D eigenvalue weighted by molar-refractivity contribution is 0.00190. The zero-order valence-electron chi connectivity index (χ0n) is 17.1. The molecular formula is C21H31N5O2. The number of aromatic nitrogens is 3. The van der Waals surface area contributed by atoms with Crippen LogP contribution in [0.1, 0.15) is 42.9 Å². The molecule has 1 unspecified atom stereocenters. The van der Waals surface area contributed by atoms with Gasteiger partial charge in [-0.15, -0.1) is 5.10 Å². The first kappa shape index (κ1) is 20.5. The van der Waals surface area contributed by atoms with E-state index < -0.39 is 0 Å². The minimum absolute atomic E-state index is 0.163. The topological polar surface area (TPSA) is 72.3 Å². The van der Waals surface area contributed by atoms with Gasteiger partial charge in [-0.25, -0.2) is 0 Å². The summed E-state index contributed by atoms with van der Waals surface area (Å²) in [6.07, 6.45) is 2.19. The Kier molecular flexibility index (Phi) is 7.17. The van der Waals surface area contributed by atoms with E-state index in [4.69, 9.17) is 4.74 Å². The Morgan fingerprint density at radius 3 is 2.46 bits per heavy atom. The van der Waals surface area contributed by atoms with Crippen LogP contribution in [-0.4, -0.2) is 64.7 Å². The highest BCUT2D eigenvalue weighted by Crippen LogP contribution is 2.20. The number of hydrogen-bond acceptors (Lipinski definition) is 5. The van der Waals surface area contributed by atoms with Crippen molar-refractivity contribution in [3.8, 4) is 5.69 Å². The van der Waals surface area contributed by atoms with Crippen molar-refractivity contribution in [1.29, 1.82) is 0 Å². The molecule has 1 fully saturated rings. The lowest BCUT2D eigenvalue weighted by atomic mass is 9.92. The second-order valence-corrected chi connectivity index (χ2v) is 7.26. The summed E-state index contributed by atoms with van der Waals surface area (Å²) in [5.41, 5.74) is 1.86. The second-order valence-electron chi connectivity index (χ2n) is 7.26. The Morgan fingerprint density at radius 2 is 1.82 bits per heavy atom. The molecule has 1 atom stereocenters. The lowest BCUT2D eigenvalue weighted by Gasteiger charge is -2.38. The highest BCUT2D eigenvalue weighted by Gasteiger charge is 2.28. The number of carbonyl (C=O) groups excluding carboxylic acids is 1. The van der Waals surface area contributed by atoms with Gasteiger partial charge in [0.1, 0.15) is 0 Å². The van der Waals surface area contributed by atoms with Crippen LogP contribution in [0.25, 0.3) is 5.69 Å². The molecule has 1 saturated heterocycles. The minimum atomic E-state index is -0.163. The van der Waals surface area contributed by atoms with E-state index in [0.29, 0.717) is 29.9 Å². The smallest absolute Gasteiger partial charge is 0.273 e. The van der Waals surface area contributed by atoms with Crippen LogP contribution in [0.2, 0.25) is 0 Å². The minimum Gasteiger partial charge on any atom is -0.379 e. The third-order valence-electron chi connectivity index (χ3n) is 5.56. The monoisotopic (exact) mass is 385 g/mol. The van der Waals surface area contributed by atoms with Gasteiger partial charge in [0.25, 0.3) is 5.91 Å². The van der Waals surface area contributed by atoms with E-state index in [2.05, 4.69) is 34.3 Å². The quantitative estimate of drug-likeness (QED) is 0.756. The van der Waals surface area contributed by atoms with E-state index in [9.17, 15) is 4.79 Å². The van der Waals surface area contributed by atoms with Crippen LogP contribution < -0.4 is 5.32 Å². The zero-order chi connectivity index (χ0) is 19.9. The number of nitrogens with one attached hydrogen (secondary N) is 1. The van der Waals surface area contributed by atoms with Crippen LogP contribution in [-0.2, 0) is 4.74 Å². The van der Waals surface area contributed by atoms with Gasteiger partial charge in [0.2, 0.25) is 0 Å². The first-order chi connectivity index (χ1) is 13.6. The molecule has 152 valence electrons. The molecule has 2 heterocycles. The van der Waals surface area contributed by atoms with Gasteiger partial charge in [-0.3, -0.25) is 9.69 Å². The Balaban J connectivity index is 1.69. The predicted molar refractivity (Wildman–Crippen MR) is 109 cm³/mol. The molecule has 3 rings (SSSR count). The number of nitrogens with zero attached hydrogens (tertiary/aromatic N) is 4. The Morgan fingerprint density at radius 1 is 1.14 bits per heavy atom. The summed E-state index contributed by atoms with van der Waals surface area (Å²) in [7, 11) is 0. The predicted octanol–water partition coefficient (Wildman–Crippen LogP) is 2.44. The molecule has 1 aromatic carbocycles. The highest BCUT2D eigenvalue weighted by atomic mass is 16.5. The van der Waals surface area contributed by atoms with Crippen molar-refractivity contribution in [1.82, 2.24) is 25.2 Å². The van der Waals surface area contributed by atoms with Gasteiger partial charge in [0.05, 0.1) is 24.6 Å². The van der Waals surface area contributed by atoms with Crippen molar-refractivity contribution in [2.45, 2.75) is 39.7 Å². The normalized spacial score (nSPS) is 16.3. The third-order valence-corrected chi connectivity index (χ3v) is 5.56. The van der Waals surface area contributed by atoms with Crippen molar-refractivity contribution >= 4 is 5.91 Å². The standard InChI is InChI=1S/C21H31N5O2/c1-4-17(5-2)19(25-11-13-28-14-12-25)15-22-21(27)20-16(3)23-26(24-20)18-9-7-6-8-10-18/h6-10,17,19H,4-5,11-15H2,1-3H3,(H,22,27). The number of carbonyl (C=O) groups is 1. The maximum atomic E-state index is 12.8. The van der Waals surface area contributed by atoms with Crippen molar-refractivity contribution < 1.29 is 9.53 Å². The fourth-order valence-corrected chi connectivity index (χ4v) is 3.88. The molecule has 0 radical (unpaired) electrons. The zero-order valence-corrected chi connectivity index (χ0v) is 17.1. The molecule has 28 heavy (non-hydrogen) atoms. The maximum Gasteiger partial charge on any atom is 0.273 e. The Bertz CT molecular complexity index is 751. The number of ether oxygens (including phenoxy) is 1. The van der Waals surface area contributed by atoms with Crippen LogP contribution in [0, 0.1) is 12.8 Å². The highest BCUT2D eigenvalue weighted by molar-refractivity contribution is 5.93. The number of aryl methyl sites for hydroxylation is 1. The summed E-state index contributed by atoms with van der Waals surface area (Å²) in [5, 5.41) is 11.9. The number of para-hydroxylation sites is 1. The molecule has 0 bridgehead atoms. The van der Waals surface area contributed by atoms with Crippen molar-refractivity contribution in [2.24, 2.45) is 5.92 Å². The van der Waals surface area contributed by atoms with E-state index >= 15 is 0 Å². The fourth-order valence-electron chi connectivity index (χ4n) is 3.88. The van der Waals surface area contributed by atoms with E-state index in [1.807, 2.05) is 37.3 Å². The summed E-state index contributed by atoms with van der Waals surface area (Å²) < 4.78 is 5.50. The SMILES string of the molecule is CCC(CC)C(CNC(=O)c1nn(-c2ccccc2)nc1C)N1CCOCC1. The molecule has 7 heteroatoms. The van der Waals surface area contributed by atoms with Gasteiger partial charge in [-0.1, -0.05) is 44.9 Å². The molecule has 1 aliphatic heterocycles. The van der Waals surface area contributed by atoms with Crippen molar-refractivity contribution in [2.75, 3.05) is 32.8 Å². The molecule has 1 aliphatic rings. The molecule has 0 spiro atoms. The second kappa shape index (κ2) is 9.80. The number of morpholine rings is 1. The summed E-state index contributed by atoms with van der Waals surface area (Å²) in [6, 6.07) is 9.95. The van der Waals surface area contributed by atoms with Crippen LogP contribution in [0.3, 0.4) is 0 Å². The Labute approximate surface area is 167 Å². The molecular weight excluding hydrogens is 354 g/mol. The molecule has 2 aromatic rings. The largest absolute Gasteiger partial charge is 0.379 e. The van der Waals surface area contributed by atoms with Crippen molar-refractivity contribution in [3.05, 3.63) is 41.7 Å². The molecule has 0 saturated carbocycles. The summed E-state index contributed by atoms with van der Waals surface area (Å²) >= 11 is 0. The molecule has 1 N–H and O–H groups in total. The average molecular weight is 386 g/mol. The average Bonchev–Trinajstić information content (AvgIpc) is 3.14. The first-order valence-electron chi connectivity index (χ1n) is 10.2. The molecule has 7 nitrogen and oxygen atoms in total. The first-order valence-corrected chi connectivity index (χ1v) is 10.2. The number of hydrogen-bond donors (Lipinski definition) is 1. The van der Waals surface area contributed by atoms with Gasteiger partial charge in [0.15, 0.2) is 5.69 Å². The van der Waals surface area contributed by atoms with Crippen LogP contribution in [0.4, 0.5) is 0 Å². The summed E-state index contributed by atoms with van der Waals surface area (Å²) in [4.78, 5) is 16.8. The summed E-state index contributed by atoms with van der Waals surface area (Å²) in [5.74, 6) is 0.378. The van der Waals surface area contributed by atoms with Gasteiger partial charge in [0, 0.05) is 25.7 Å². The maximum absolute atomic E-state index is 12.8. The fraction of sp³-hybridized carbons (Fsp3) is 0.571. The van der Waals surface area contributed by atoms with Crippen LogP contribution in [0.5, 0.6) is 0 Å². The molecule has 1 amide bonds. The van der Waals surface area contributed by atoms with E-state index in [1.165, 1.54) is 4.80 Å². The number of benzene rings is 1. The summed E-state index contributed by atoms with van der Waals surface area (Å²) in [6.45, 7) is 10.2. The van der Waals surface area contributed by atoms with E-state index in [-0.39, 0.29) is 5.91 Å². The van der Waals surface area contributed by atoms with Gasteiger partial charge < -0.3 is 10.1 Å². The number of rotatable bonds is 8.